The minimum absolute atomic E-state index is 0.0733. The normalized spacial score (nSPS) is 37.7. The van der Waals surface area contributed by atoms with Crippen LogP contribution in [0.3, 0.4) is 0 Å². The standard InChI is InChI=1S/C23H32O4/c1-18-7-2-3-8-19(18)17-20-9-13-21(10-5-15-26-21)23(12-6-16-27-23)22(20,25)11-4-14-24/h2-3,7-8,17,24-25H,4-6,9-16H2,1H3/b20-17+/t21-,22-,23-/m0/s1. The molecule has 3 aliphatic rings. The Balaban J connectivity index is 1.82. The fourth-order valence-electron chi connectivity index (χ4n) is 5.75. The van der Waals surface area contributed by atoms with E-state index in [-0.39, 0.29) is 6.61 Å². The predicted octanol–water partition coefficient (Wildman–Crippen LogP) is 3.77. The summed E-state index contributed by atoms with van der Waals surface area (Å²) in [6.45, 7) is 3.59. The molecule has 2 saturated heterocycles. The number of hydrogen-bond donors (Lipinski definition) is 2. The van der Waals surface area contributed by atoms with Crippen molar-refractivity contribution in [1.29, 1.82) is 0 Å². The minimum Gasteiger partial charge on any atom is -0.396 e. The van der Waals surface area contributed by atoms with Crippen LogP contribution in [0.15, 0.2) is 29.8 Å². The van der Waals surface area contributed by atoms with Gasteiger partial charge >= 0.3 is 0 Å². The van der Waals surface area contributed by atoms with Gasteiger partial charge in [0.1, 0.15) is 16.8 Å². The zero-order valence-corrected chi connectivity index (χ0v) is 16.4. The molecule has 0 unspecified atom stereocenters. The molecule has 1 saturated carbocycles. The van der Waals surface area contributed by atoms with Crippen LogP contribution in [-0.2, 0) is 9.47 Å². The molecule has 0 bridgehead atoms. The SMILES string of the molecule is Cc1ccccc1/C=C1\CC[C@@]2(CCCO2)[C@@]2(CCCO2)[C@]1(O)CCCO. The van der Waals surface area contributed by atoms with E-state index in [2.05, 4.69) is 25.1 Å². The Labute approximate surface area is 162 Å². The van der Waals surface area contributed by atoms with Gasteiger partial charge in [-0.1, -0.05) is 30.3 Å². The summed E-state index contributed by atoms with van der Waals surface area (Å²) in [5.74, 6) is 0. The first kappa shape index (κ1) is 19.1. The molecule has 0 radical (unpaired) electrons. The van der Waals surface area contributed by atoms with E-state index in [1.54, 1.807) is 0 Å². The van der Waals surface area contributed by atoms with Crippen LogP contribution in [0.2, 0.25) is 0 Å². The van der Waals surface area contributed by atoms with Crippen molar-refractivity contribution >= 4 is 6.08 Å². The first-order chi connectivity index (χ1) is 13.1. The van der Waals surface area contributed by atoms with Crippen molar-refractivity contribution in [2.24, 2.45) is 0 Å². The summed E-state index contributed by atoms with van der Waals surface area (Å²) in [5.41, 5.74) is 1.19. The van der Waals surface area contributed by atoms with Crippen LogP contribution in [0.5, 0.6) is 0 Å². The highest BCUT2D eigenvalue weighted by Gasteiger charge is 2.69. The van der Waals surface area contributed by atoms with E-state index in [1.807, 2.05) is 12.1 Å². The monoisotopic (exact) mass is 372 g/mol. The Morgan fingerprint density at radius 2 is 1.85 bits per heavy atom. The molecular formula is C23H32O4. The number of rotatable bonds is 4. The maximum Gasteiger partial charge on any atom is 0.129 e. The summed E-state index contributed by atoms with van der Waals surface area (Å²) >= 11 is 0. The molecule has 27 heavy (non-hydrogen) atoms. The molecule has 0 amide bonds. The lowest BCUT2D eigenvalue weighted by Gasteiger charge is -2.58. The highest BCUT2D eigenvalue weighted by molar-refractivity contribution is 5.60. The first-order valence-corrected chi connectivity index (χ1v) is 10.4. The van der Waals surface area contributed by atoms with Gasteiger partial charge in [-0.3, -0.25) is 0 Å². The van der Waals surface area contributed by atoms with Crippen LogP contribution < -0.4 is 0 Å². The number of aliphatic hydroxyl groups excluding tert-OH is 1. The number of aliphatic hydroxyl groups is 2. The van der Waals surface area contributed by atoms with Crippen molar-refractivity contribution < 1.29 is 19.7 Å². The summed E-state index contributed by atoms with van der Waals surface area (Å²) in [6.07, 6.45) is 8.68. The van der Waals surface area contributed by atoms with Crippen molar-refractivity contribution in [3.05, 3.63) is 41.0 Å². The minimum atomic E-state index is -1.10. The lowest BCUT2D eigenvalue weighted by molar-refractivity contribution is -0.257. The molecule has 2 aliphatic heterocycles. The second kappa shape index (κ2) is 7.32. The number of aryl methyl sites for hydroxylation is 1. The highest BCUT2D eigenvalue weighted by Crippen LogP contribution is 2.60. The Morgan fingerprint density at radius 1 is 1.07 bits per heavy atom. The van der Waals surface area contributed by atoms with E-state index in [1.165, 1.54) is 5.56 Å². The van der Waals surface area contributed by atoms with Crippen molar-refractivity contribution in [3.63, 3.8) is 0 Å². The van der Waals surface area contributed by atoms with Gasteiger partial charge in [0.2, 0.25) is 0 Å². The zero-order valence-electron chi connectivity index (χ0n) is 16.4. The van der Waals surface area contributed by atoms with Gasteiger partial charge < -0.3 is 19.7 Å². The second-order valence-electron chi connectivity index (χ2n) is 8.44. The van der Waals surface area contributed by atoms with Crippen LogP contribution in [0.1, 0.15) is 62.5 Å². The molecule has 2 N–H and O–H groups in total. The summed E-state index contributed by atoms with van der Waals surface area (Å²) < 4.78 is 12.8. The van der Waals surface area contributed by atoms with Crippen LogP contribution in [-0.4, -0.2) is 46.8 Å². The Hall–Kier alpha value is -1.20. The van der Waals surface area contributed by atoms with Gasteiger partial charge in [0.25, 0.3) is 0 Å². The summed E-state index contributed by atoms with van der Waals surface area (Å²) in [6, 6.07) is 8.29. The zero-order chi connectivity index (χ0) is 19.0. The van der Waals surface area contributed by atoms with Crippen molar-refractivity contribution in [2.75, 3.05) is 19.8 Å². The van der Waals surface area contributed by atoms with Crippen molar-refractivity contribution in [2.45, 2.75) is 75.1 Å². The van der Waals surface area contributed by atoms with Crippen LogP contribution >= 0.6 is 0 Å². The largest absolute Gasteiger partial charge is 0.396 e. The molecule has 4 heteroatoms. The van der Waals surface area contributed by atoms with Gasteiger partial charge in [-0.25, -0.2) is 0 Å². The number of fused-ring (bicyclic) bond motifs is 1. The molecule has 2 heterocycles. The average Bonchev–Trinajstić information content (AvgIpc) is 3.34. The Morgan fingerprint density at radius 3 is 2.52 bits per heavy atom. The third-order valence-corrected chi connectivity index (χ3v) is 7.07. The Bertz CT molecular complexity index is 698. The summed E-state index contributed by atoms with van der Waals surface area (Å²) in [7, 11) is 0. The number of hydrogen-bond acceptors (Lipinski definition) is 4. The molecule has 2 spiro atoms. The number of ether oxygens (including phenoxy) is 2. The van der Waals surface area contributed by atoms with Gasteiger partial charge in [-0.2, -0.15) is 0 Å². The molecule has 1 aromatic rings. The molecule has 1 aromatic carbocycles. The fourth-order valence-corrected chi connectivity index (χ4v) is 5.75. The van der Waals surface area contributed by atoms with Gasteiger partial charge in [0.15, 0.2) is 0 Å². The topological polar surface area (TPSA) is 58.9 Å². The quantitative estimate of drug-likeness (QED) is 0.845. The van der Waals surface area contributed by atoms with E-state index in [9.17, 15) is 10.2 Å². The van der Waals surface area contributed by atoms with Gasteiger partial charge in [-0.15, -0.1) is 0 Å². The van der Waals surface area contributed by atoms with E-state index < -0.39 is 16.8 Å². The van der Waals surface area contributed by atoms with Crippen molar-refractivity contribution in [3.8, 4) is 0 Å². The van der Waals surface area contributed by atoms with Crippen LogP contribution in [0, 0.1) is 6.92 Å². The van der Waals surface area contributed by atoms with E-state index in [0.29, 0.717) is 19.4 Å². The molecule has 4 nitrogen and oxygen atoms in total. The first-order valence-electron chi connectivity index (χ1n) is 10.4. The summed E-state index contributed by atoms with van der Waals surface area (Å²) in [5, 5.41) is 21.7. The lowest BCUT2D eigenvalue weighted by atomic mass is 9.57. The molecule has 3 fully saturated rings. The third kappa shape index (κ3) is 2.89. The maximum atomic E-state index is 12.2. The van der Waals surface area contributed by atoms with Crippen molar-refractivity contribution in [1.82, 2.24) is 0 Å². The lowest BCUT2D eigenvalue weighted by Crippen LogP contribution is -2.70. The van der Waals surface area contributed by atoms with Gasteiger partial charge in [-0.05, 0) is 75.0 Å². The predicted molar refractivity (Wildman–Crippen MR) is 105 cm³/mol. The maximum absolute atomic E-state index is 12.2. The molecular weight excluding hydrogens is 340 g/mol. The highest BCUT2D eigenvalue weighted by atomic mass is 16.6. The Kier molecular flexibility index (Phi) is 5.19. The average molecular weight is 373 g/mol. The van der Waals surface area contributed by atoms with Crippen LogP contribution in [0.4, 0.5) is 0 Å². The smallest absolute Gasteiger partial charge is 0.129 e. The van der Waals surface area contributed by atoms with E-state index >= 15 is 0 Å². The molecule has 0 aromatic heterocycles. The summed E-state index contributed by atoms with van der Waals surface area (Å²) in [4.78, 5) is 0. The molecule has 148 valence electrons. The van der Waals surface area contributed by atoms with E-state index in [0.717, 1.165) is 56.3 Å². The van der Waals surface area contributed by atoms with Crippen LogP contribution in [0.25, 0.3) is 6.08 Å². The number of benzene rings is 1. The van der Waals surface area contributed by atoms with Gasteiger partial charge in [0, 0.05) is 19.8 Å². The molecule has 4 rings (SSSR count). The van der Waals surface area contributed by atoms with E-state index in [4.69, 9.17) is 9.47 Å². The third-order valence-electron chi connectivity index (χ3n) is 7.07. The molecule has 1 aliphatic carbocycles. The molecule has 3 atom stereocenters. The second-order valence-corrected chi connectivity index (χ2v) is 8.44. The fraction of sp³-hybridized carbons (Fsp3) is 0.652. The van der Waals surface area contributed by atoms with Gasteiger partial charge in [0.05, 0.1) is 0 Å².